The molecule has 2 N–H and O–H groups in total. The molecule has 6 rings (SSSR count). The summed E-state index contributed by atoms with van der Waals surface area (Å²) < 4.78 is 11.1. The van der Waals surface area contributed by atoms with Crippen molar-refractivity contribution in [1.82, 2.24) is 9.80 Å². The summed E-state index contributed by atoms with van der Waals surface area (Å²) >= 11 is 1.36. The van der Waals surface area contributed by atoms with Crippen molar-refractivity contribution in [3.05, 3.63) is 117 Å². The number of thiophene rings is 1. The van der Waals surface area contributed by atoms with E-state index in [-0.39, 0.29) is 17.7 Å². The number of hydrogen-bond acceptors (Lipinski definition) is 7. The lowest BCUT2D eigenvalue weighted by atomic mass is 10.0. The maximum absolute atomic E-state index is 13.7. The SMILES string of the molecule is CN(CCN1CCOCC1)C(=O)c1cccc(C(=O)Nc2sc3c(c2C(=O)Nc2ccc(CCCc4ccccc4)cc2)CCOC3)c1. The summed E-state index contributed by atoms with van der Waals surface area (Å²) in [7, 11) is 1.78. The number of carbonyl (C=O) groups excluding carboxylic acids is 3. The lowest BCUT2D eigenvalue weighted by Crippen LogP contribution is -2.41. The van der Waals surface area contributed by atoms with Crippen LogP contribution in [0.2, 0.25) is 0 Å². The molecule has 0 unspecified atom stereocenters. The van der Waals surface area contributed by atoms with Gasteiger partial charge in [0.15, 0.2) is 0 Å². The fourth-order valence-corrected chi connectivity index (χ4v) is 7.23. The highest BCUT2D eigenvalue weighted by Gasteiger charge is 2.27. The molecular weight excluding hydrogens is 625 g/mol. The van der Waals surface area contributed by atoms with E-state index in [1.165, 1.54) is 22.5 Å². The van der Waals surface area contributed by atoms with Crippen LogP contribution < -0.4 is 10.6 Å². The Hall–Kier alpha value is -4.35. The zero-order valence-corrected chi connectivity index (χ0v) is 28.2. The minimum atomic E-state index is -0.381. The molecule has 3 heterocycles. The molecule has 0 saturated carbocycles. The Morgan fingerprint density at radius 1 is 0.812 bits per heavy atom. The van der Waals surface area contributed by atoms with E-state index in [1.54, 1.807) is 36.2 Å². The fourth-order valence-electron chi connectivity index (χ4n) is 6.06. The van der Waals surface area contributed by atoms with Crippen LogP contribution in [-0.2, 0) is 35.3 Å². The first-order chi connectivity index (χ1) is 23.4. The van der Waals surface area contributed by atoms with Crippen molar-refractivity contribution in [2.75, 3.05) is 63.7 Å². The first kappa shape index (κ1) is 33.5. The number of nitrogens with zero attached hydrogens (tertiary/aromatic N) is 2. The number of morpholine rings is 1. The van der Waals surface area contributed by atoms with E-state index in [0.717, 1.165) is 49.3 Å². The zero-order chi connectivity index (χ0) is 33.3. The van der Waals surface area contributed by atoms with Gasteiger partial charge < -0.3 is 25.0 Å². The van der Waals surface area contributed by atoms with Gasteiger partial charge in [0.25, 0.3) is 17.7 Å². The molecule has 1 fully saturated rings. The molecule has 0 atom stereocenters. The zero-order valence-electron chi connectivity index (χ0n) is 27.3. The Labute approximate surface area is 285 Å². The minimum absolute atomic E-state index is 0.149. The largest absolute Gasteiger partial charge is 0.379 e. The van der Waals surface area contributed by atoms with Crippen LogP contribution in [-0.4, -0.2) is 80.6 Å². The van der Waals surface area contributed by atoms with Crippen LogP contribution in [0.5, 0.6) is 0 Å². The Kier molecular flexibility index (Phi) is 11.3. The van der Waals surface area contributed by atoms with Crippen LogP contribution in [0.1, 0.15) is 59.1 Å². The molecule has 250 valence electrons. The molecule has 2 aliphatic rings. The standard InChI is InChI=1S/C38H42N4O5S/c1-41(18-19-42-20-23-46-24-21-42)38(45)30-12-6-11-29(25-30)35(43)40-37-34(32-17-22-47-26-33(32)48-37)36(44)39-31-15-13-28(14-16-31)10-5-9-27-7-3-2-4-8-27/h2-4,6-8,11-16,25H,5,9-10,17-24,26H2,1H3,(H,39,44)(H,40,43). The second kappa shape index (κ2) is 16.2. The van der Waals surface area contributed by atoms with E-state index in [0.29, 0.717) is 66.8 Å². The molecule has 9 nitrogen and oxygen atoms in total. The average molecular weight is 667 g/mol. The summed E-state index contributed by atoms with van der Waals surface area (Å²) in [5.41, 5.74) is 5.39. The Morgan fingerprint density at radius 2 is 1.54 bits per heavy atom. The Bertz CT molecular complexity index is 1720. The van der Waals surface area contributed by atoms with Gasteiger partial charge in [0, 0.05) is 54.9 Å². The van der Waals surface area contributed by atoms with E-state index < -0.39 is 0 Å². The highest BCUT2D eigenvalue weighted by Crippen LogP contribution is 2.37. The van der Waals surface area contributed by atoms with Crippen LogP contribution in [0.15, 0.2) is 78.9 Å². The molecule has 48 heavy (non-hydrogen) atoms. The number of fused-ring (bicyclic) bond motifs is 1. The van der Waals surface area contributed by atoms with Crippen LogP contribution >= 0.6 is 11.3 Å². The van der Waals surface area contributed by atoms with Crippen molar-refractivity contribution in [3.8, 4) is 0 Å². The Morgan fingerprint density at radius 3 is 2.31 bits per heavy atom. The van der Waals surface area contributed by atoms with E-state index in [9.17, 15) is 14.4 Å². The molecule has 3 aromatic carbocycles. The van der Waals surface area contributed by atoms with Gasteiger partial charge in [-0.3, -0.25) is 19.3 Å². The van der Waals surface area contributed by atoms with Crippen LogP contribution in [0.3, 0.4) is 0 Å². The molecule has 1 aromatic heterocycles. The summed E-state index contributed by atoms with van der Waals surface area (Å²) in [4.78, 5) is 45.4. The molecule has 4 aromatic rings. The molecule has 10 heteroatoms. The van der Waals surface area contributed by atoms with Crippen molar-refractivity contribution in [2.24, 2.45) is 0 Å². The van der Waals surface area contributed by atoms with E-state index in [1.807, 2.05) is 18.2 Å². The molecule has 0 radical (unpaired) electrons. The molecule has 1 saturated heterocycles. The predicted octanol–water partition coefficient (Wildman–Crippen LogP) is 5.90. The smallest absolute Gasteiger partial charge is 0.258 e. The van der Waals surface area contributed by atoms with Crippen molar-refractivity contribution in [3.63, 3.8) is 0 Å². The number of anilines is 2. The van der Waals surface area contributed by atoms with Crippen LogP contribution in [0.25, 0.3) is 0 Å². The second-order valence-electron chi connectivity index (χ2n) is 12.2. The van der Waals surface area contributed by atoms with Crippen LogP contribution in [0, 0.1) is 0 Å². The number of amides is 3. The summed E-state index contributed by atoms with van der Waals surface area (Å²) in [5.74, 6) is -0.801. The number of hydrogen-bond donors (Lipinski definition) is 2. The van der Waals surface area contributed by atoms with Gasteiger partial charge in [0.1, 0.15) is 5.00 Å². The highest BCUT2D eigenvalue weighted by molar-refractivity contribution is 7.17. The van der Waals surface area contributed by atoms with E-state index in [2.05, 4.69) is 51.9 Å². The van der Waals surface area contributed by atoms with Crippen molar-refractivity contribution in [1.29, 1.82) is 0 Å². The van der Waals surface area contributed by atoms with Gasteiger partial charge >= 0.3 is 0 Å². The maximum Gasteiger partial charge on any atom is 0.258 e. The summed E-state index contributed by atoms with van der Waals surface area (Å²) in [6.45, 7) is 5.39. The molecule has 3 amide bonds. The first-order valence-electron chi connectivity index (χ1n) is 16.6. The molecule has 0 spiro atoms. The molecule has 0 aliphatic carbocycles. The van der Waals surface area contributed by atoms with Gasteiger partial charge in [0.05, 0.1) is 32.0 Å². The van der Waals surface area contributed by atoms with Gasteiger partial charge in [0.2, 0.25) is 0 Å². The minimum Gasteiger partial charge on any atom is -0.379 e. The highest BCUT2D eigenvalue weighted by atomic mass is 32.1. The van der Waals surface area contributed by atoms with Crippen molar-refractivity contribution < 1.29 is 23.9 Å². The number of aryl methyl sites for hydroxylation is 2. The normalized spacial score (nSPS) is 14.6. The number of nitrogens with one attached hydrogen (secondary N) is 2. The predicted molar refractivity (Wildman–Crippen MR) is 189 cm³/mol. The van der Waals surface area contributed by atoms with Gasteiger partial charge in [-0.05, 0) is 72.7 Å². The fraction of sp³-hybridized carbons (Fsp3) is 0.342. The third kappa shape index (κ3) is 8.56. The van der Waals surface area contributed by atoms with Gasteiger partial charge in [-0.25, -0.2) is 0 Å². The maximum atomic E-state index is 13.7. The summed E-state index contributed by atoms with van der Waals surface area (Å²) in [6.07, 6.45) is 3.61. The van der Waals surface area contributed by atoms with E-state index in [4.69, 9.17) is 9.47 Å². The molecule has 2 aliphatic heterocycles. The summed E-state index contributed by atoms with van der Waals surface area (Å²) in [5, 5.41) is 6.50. The number of carbonyl (C=O) groups is 3. The lowest BCUT2D eigenvalue weighted by molar-refractivity contribution is 0.0338. The van der Waals surface area contributed by atoms with E-state index >= 15 is 0 Å². The quantitative estimate of drug-likeness (QED) is 0.195. The third-order valence-electron chi connectivity index (χ3n) is 8.83. The van der Waals surface area contributed by atoms with Gasteiger partial charge in [-0.1, -0.05) is 48.5 Å². The van der Waals surface area contributed by atoms with Crippen LogP contribution in [0.4, 0.5) is 10.7 Å². The van der Waals surface area contributed by atoms with Gasteiger partial charge in [-0.2, -0.15) is 0 Å². The topological polar surface area (TPSA) is 100 Å². The Balaban J connectivity index is 1.10. The lowest BCUT2D eigenvalue weighted by Gasteiger charge is -2.28. The first-order valence-corrected chi connectivity index (χ1v) is 17.4. The average Bonchev–Trinajstić information content (AvgIpc) is 3.50. The second-order valence-corrected chi connectivity index (χ2v) is 13.3. The van der Waals surface area contributed by atoms with Gasteiger partial charge in [-0.15, -0.1) is 11.3 Å². The summed E-state index contributed by atoms with van der Waals surface area (Å²) in [6, 6.07) is 25.1. The number of rotatable bonds is 12. The van der Waals surface area contributed by atoms with Crippen molar-refractivity contribution >= 4 is 39.7 Å². The van der Waals surface area contributed by atoms with Crippen molar-refractivity contribution in [2.45, 2.75) is 32.3 Å². The number of ether oxygens (including phenoxy) is 2. The monoisotopic (exact) mass is 666 g/mol. The number of benzene rings is 3. The number of likely N-dealkylation sites (N-methyl/N-ethyl adjacent to an activating group) is 1. The molecular formula is C38H42N4O5S. The molecule has 0 bridgehead atoms. The third-order valence-corrected chi connectivity index (χ3v) is 9.95.